The summed E-state index contributed by atoms with van der Waals surface area (Å²) < 4.78 is 31.1. The van der Waals surface area contributed by atoms with Crippen molar-refractivity contribution < 1.29 is 37.7 Å². The van der Waals surface area contributed by atoms with Crippen LogP contribution in [0.2, 0.25) is 0 Å². The number of aromatic hydroxyl groups is 1. The molecular weight excluding hydrogens is 975 g/mol. The number of amides is 2. The number of benzene rings is 4. The molecule has 2 unspecified atom stereocenters. The molecule has 15 heteroatoms. The third-order valence-electron chi connectivity index (χ3n) is 15.4. The van der Waals surface area contributed by atoms with Crippen molar-refractivity contribution >= 4 is 45.1 Å². The maximum absolute atomic E-state index is 13.9. The Kier molecular flexibility index (Phi) is 17.0. The van der Waals surface area contributed by atoms with Crippen molar-refractivity contribution in [1.82, 2.24) is 14.7 Å². The number of hydrogen-bond donors (Lipinski definition) is 3. The number of carbonyl (C=O) groups excluding carboxylic acids is 2. The SMILES string of the molecule is CC(C)=CCc1cc(C(=O)Nc2cc3ccc(OC4CCN(C)CC4)c(C)c3oc2=O)ccc1OC1CCN(C)CC1C/C(C)=C/Cc1cc(C(=O)Nc2cc3ccc(OC4CCN(C)CC4)c(C)c3oc2=O)ccc1O. The minimum atomic E-state index is -0.671. The molecule has 2 aromatic heterocycles. The van der Waals surface area contributed by atoms with Crippen LogP contribution in [0, 0.1) is 19.8 Å². The van der Waals surface area contributed by atoms with E-state index in [9.17, 15) is 24.3 Å². The van der Waals surface area contributed by atoms with E-state index in [1.54, 1.807) is 24.3 Å². The summed E-state index contributed by atoms with van der Waals surface area (Å²) in [6.07, 6.45) is 10.4. The largest absolute Gasteiger partial charge is 0.508 e. The lowest BCUT2D eigenvalue weighted by molar-refractivity contribution is 0.0544. The van der Waals surface area contributed by atoms with Gasteiger partial charge in [-0.15, -0.1) is 0 Å². The van der Waals surface area contributed by atoms with E-state index in [4.69, 9.17) is 23.0 Å². The first-order valence-electron chi connectivity index (χ1n) is 27.0. The van der Waals surface area contributed by atoms with Gasteiger partial charge in [0.25, 0.3) is 11.8 Å². The summed E-state index contributed by atoms with van der Waals surface area (Å²) in [7, 11) is 6.32. The van der Waals surface area contributed by atoms with Gasteiger partial charge in [-0.25, -0.2) is 9.59 Å². The topological polar surface area (TPSA) is 176 Å². The van der Waals surface area contributed by atoms with Crippen molar-refractivity contribution in [3.63, 3.8) is 0 Å². The fraction of sp³-hybridized carbons (Fsp3) is 0.419. The summed E-state index contributed by atoms with van der Waals surface area (Å²) >= 11 is 0. The van der Waals surface area contributed by atoms with Gasteiger partial charge in [-0.05, 0) is 191 Å². The summed E-state index contributed by atoms with van der Waals surface area (Å²) in [5.74, 6) is 1.30. The van der Waals surface area contributed by atoms with Gasteiger partial charge < -0.3 is 53.5 Å². The van der Waals surface area contributed by atoms with E-state index >= 15 is 0 Å². The molecule has 0 radical (unpaired) electrons. The van der Waals surface area contributed by atoms with E-state index in [-0.39, 0.29) is 46.9 Å². The second kappa shape index (κ2) is 24.0. The molecule has 9 rings (SSSR count). The van der Waals surface area contributed by atoms with Crippen LogP contribution in [0.1, 0.15) is 102 Å². The predicted octanol–water partition coefficient (Wildman–Crippen LogP) is 10.5. The quantitative estimate of drug-likeness (QED) is 0.0617. The molecule has 4 aromatic carbocycles. The molecule has 2 atom stereocenters. The van der Waals surface area contributed by atoms with Crippen molar-refractivity contribution in [2.75, 3.05) is 71.0 Å². The van der Waals surface area contributed by atoms with Crippen LogP contribution >= 0.6 is 0 Å². The highest BCUT2D eigenvalue weighted by Gasteiger charge is 2.31. The number of ether oxygens (including phenoxy) is 3. The van der Waals surface area contributed by atoms with Gasteiger partial charge in [-0.2, -0.15) is 0 Å². The highest BCUT2D eigenvalue weighted by molar-refractivity contribution is 6.06. The first-order valence-corrected chi connectivity index (χ1v) is 27.0. The summed E-state index contributed by atoms with van der Waals surface area (Å²) in [5.41, 5.74) is 5.38. The van der Waals surface area contributed by atoms with Gasteiger partial charge in [-0.3, -0.25) is 9.59 Å². The van der Waals surface area contributed by atoms with Gasteiger partial charge in [0.1, 0.15) is 63.9 Å². The highest BCUT2D eigenvalue weighted by atomic mass is 16.5. The predicted molar refractivity (Wildman–Crippen MR) is 302 cm³/mol. The Morgan fingerprint density at radius 2 is 1.09 bits per heavy atom. The zero-order chi connectivity index (χ0) is 54.5. The number of rotatable bonds is 16. The average molecular weight is 1050 g/mol. The van der Waals surface area contributed by atoms with E-state index in [0.29, 0.717) is 63.2 Å². The lowest BCUT2D eigenvalue weighted by Gasteiger charge is -2.37. The second-order valence-corrected chi connectivity index (χ2v) is 21.8. The minimum Gasteiger partial charge on any atom is -0.508 e. The fourth-order valence-electron chi connectivity index (χ4n) is 10.7. The number of hydrogen-bond acceptors (Lipinski definition) is 13. The number of phenolic OH excluding ortho intramolecular Hbond substituents is 1. The molecule has 3 fully saturated rings. The second-order valence-electron chi connectivity index (χ2n) is 21.8. The number of nitrogens with one attached hydrogen (secondary N) is 2. The molecule has 0 aliphatic carbocycles. The fourth-order valence-corrected chi connectivity index (χ4v) is 10.7. The maximum Gasteiger partial charge on any atom is 0.360 e. The number of nitrogens with zero attached hydrogens (tertiary/aromatic N) is 3. The Labute approximate surface area is 450 Å². The zero-order valence-electron chi connectivity index (χ0n) is 45.8. The molecule has 406 valence electrons. The summed E-state index contributed by atoms with van der Waals surface area (Å²) in [6.45, 7) is 15.4. The molecule has 0 saturated carbocycles. The van der Waals surface area contributed by atoms with Crippen LogP contribution in [0.4, 0.5) is 11.4 Å². The molecule has 3 saturated heterocycles. The van der Waals surface area contributed by atoms with Gasteiger partial charge in [0.15, 0.2) is 0 Å². The molecule has 15 nitrogen and oxygen atoms in total. The van der Waals surface area contributed by atoms with Gasteiger partial charge in [0.05, 0.1) is 0 Å². The van der Waals surface area contributed by atoms with Gasteiger partial charge in [-0.1, -0.05) is 23.3 Å². The van der Waals surface area contributed by atoms with Crippen molar-refractivity contribution in [2.24, 2.45) is 5.92 Å². The molecule has 3 N–H and O–H groups in total. The van der Waals surface area contributed by atoms with Gasteiger partial charge in [0.2, 0.25) is 0 Å². The standard InChI is InChI=1S/C62H73N5O10/c1-37(2)9-11-42-33-46(60(70)64-51-35-44-15-19-54(40(5)58(44)77-62(51)72)74-49-23-28-66(7)29-24-49)16-20-55(42)75-56-25-30-67(8)36-47(56)31-38(3)10-12-41-32-45(13-17-52(41)68)59(69)63-50-34-43-14-18-53(39(4)57(43)76-61(50)71)73-48-21-26-65(6)27-22-48/h9-10,13-20,32-35,47-49,56,68H,11-12,21-31,36H2,1-8H3,(H,63,69)(H,64,70)/b38-10+. The molecule has 77 heavy (non-hydrogen) atoms. The molecular formula is C62H73N5O10. The maximum atomic E-state index is 13.9. The zero-order valence-corrected chi connectivity index (χ0v) is 45.8. The van der Waals surface area contributed by atoms with E-state index in [2.05, 4.69) is 65.6 Å². The first kappa shape index (κ1) is 54.6. The van der Waals surface area contributed by atoms with Crippen LogP contribution in [0.5, 0.6) is 23.0 Å². The molecule has 0 spiro atoms. The molecule has 6 aromatic rings. The number of anilines is 2. The van der Waals surface area contributed by atoms with Crippen LogP contribution in [-0.2, 0) is 12.8 Å². The molecule has 3 aliphatic rings. The number of piperidine rings is 3. The minimum absolute atomic E-state index is 0.0156. The van der Waals surface area contributed by atoms with E-state index in [0.717, 1.165) is 106 Å². The molecule has 0 bridgehead atoms. The smallest absolute Gasteiger partial charge is 0.360 e. The van der Waals surface area contributed by atoms with E-state index in [1.165, 1.54) is 12.1 Å². The van der Waals surface area contributed by atoms with Gasteiger partial charge in [0, 0.05) is 78.2 Å². The van der Waals surface area contributed by atoms with Gasteiger partial charge >= 0.3 is 11.3 Å². The molecule has 5 heterocycles. The molecule has 2 amide bonds. The Bertz CT molecular complexity index is 3340. The van der Waals surface area contributed by atoms with Crippen LogP contribution in [0.15, 0.2) is 115 Å². The van der Waals surface area contributed by atoms with Crippen LogP contribution < -0.4 is 36.1 Å². The Hall–Kier alpha value is -7.20. The lowest BCUT2D eigenvalue weighted by Crippen LogP contribution is -2.44. The van der Waals surface area contributed by atoms with Crippen molar-refractivity contribution in [3.8, 4) is 23.0 Å². The summed E-state index contributed by atoms with van der Waals surface area (Å²) in [6, 6.07) is 20.8. The summed E-state index contributed by atoms with van der Waals surface area (Å²) in [5, 5.41) is 17.8. The first-order chi connectivity index (χ1) is 36.9. The van der Waals surface area contributed by atoms with Crippen LogP contribution in [0.25, 0.3) is 21.9 Å². The van der Waals surface area contributed by atoms with E-state index < -0.39 is 23.1 Å². The number of phenols is 1. The number of fused-ring (bicyclic) bond motifs is 2. The Morgan fingerprint density at radius 3 is 1.62 bits per heavy atom. The monoisotopic (exact) mass is 1050 g/mol. The Balaban J connectivity index is 0.849. The third-order valence-corrected chi connectivity index (χ3v) is 15.4. The number of allylic oxidation sites excluding steroid dienone is 4. The summed E-state index contributed by atoms with van der Waals surface area (Å²) in [4.78, 5) is 60.9. The van der Waals surface area contributed by atoms with Crippen molar-refractivity contribution in [2.45, 2.75) is 104 Å². The van der Waals surface area contributed by atoms with Crippen molar-refractivity contribution in [1.29, 1.82) is 0 Å². The number of likely N-dealkylation sites (tertiary alicyclic amines) is 3. The Morgan fingerprint density at radius 1 is 0.610 bits per heavy atom. The van der Waals surface area contributed by atoms with Crippen LogP contribution in [-0.4, -0.2) is 110 Å². The lowest BCUT2D eigenvalue weighted by atomic mass is 9.88. The number of carbonyl (C=O) groups is 2. The van der Waals surface area contributed by atoms with E-state index in [1.807, 2.05) is 64.1 Å². The van der Waals surface area contributed by atoms with Crippen molar-refractivity contribution in [3.05, 3.63) is 150 Å². The molecule has 3 aliphatic heterocycles. The third kappa shape index (κ3) is 13.3. The highest BCUT2D eigenvalue weighted by Crippen LogP contribution is 2.34. The number of aryl methyl sites for hydroxylation is 2. The normalized spacial score (nSPS) is 18.3. The average Bonchev–Trinajstić information content (AvgIpc) is 3.41. The van der Waals surface area contributed by atoms with Crippen LogP contribution in [0.3, 0.4) is 0 Å².